The molecule has 0 aliphatic carbocycles. The minimum Gasteiger partial charge on any atom is -0.378 e. The van der Waals surface area contributed by atoms with Gasteiger partial charge in [-0.15, -0.1) is 0 Å². The molecule has 0 aromatic rings. The number of likely N-dealkylation sites (N-methyl/N-ethyl adjacent to an activating group) is 1. The van der Waals surface area contributed by atoms with Crippen molar-refractivity contribution in [3.63, 3.8) is 0 Å². The van der Waals surface area contributed by atoms with Gasteiger partial charge in [0.1, 0.15) is 0 Å². The number of rotatable bonds is 20. The van der Waals surface area contributed by atoms with Crippen LogP contribution in [0.25, 0.3) is 0 Å². The predicted molar refractivity (Wildman–Crippen MR) is 95.8 cm³/mol. The van der Waals surface area contributed by atoms with Gasteiger partial charge < -0.3 is 34.3 Å². The first-order chi connectivity index (χ1) is 11.8. The average Bonchev–Trinajstić information content (AvgIpc) is 2.56. The van der Waals surface area contributed by atoms with Crippen molar-refractivity contribution in [2.24, 2.45) is 0 Å². The maximum Gasteiger partial charge on any atom is 0.0701 e. The van der Waals surface area contributed by atoms with Crippen LogP contribution in [-0.2, 0) is 23.7 Å². The quantitative estimate of drug-likeness (QED) is 0.313. The van der Waals surface area contributed by atoms with Crippen LogP contribution in [0.4, 0.5) is 0 Å². The van der Waals surface area contributed by atoms with Gasteiger partial charge in [-0.3, -0.25) is 0 Å². The van der Waals surface area contributed by atoms with Gasteiger partial charge >= 0.3 is 0 Å². The summed E-state index contributed by atoms with van der Waals surface area (Å²) in [5.74, 6) is 0. The zero-order chi connectivity index (χ0) is 17.7. The van der Waals surface area contributed by atoms with E-state index in [1.165, 1.54) is 0 Å². The third-order valence-electron chi connectivity index (χ3n) is 2.96. The number of hydrogen-bond donors (Lipinski definition) is 2. The van der Waals surface area contributed by atoms with Gasteiger partial charge in [-0.1, -0.05) is 20.8 Å². The van der Waals surface area contributed by atoms with Crippen LogP contribution in [0.1, 0.15) is 20.8 Å². The fourth-order valence-electron chi connectivity index (χ4n) is 1.72. The van der Waals surface area contributed by atoms with Crippen molar-refractivity contribution in [2.45, 2.75) is 26.8 Å². The molecular weight excluding hydrogens is 312 g/mol. The lowest BCUT2D eigenvalue weighted by molar-refractivity contribution is -0.0106. The summed E-state index contributed by atoms with van der Waals surface area (Å²) in [7, 11) is 0. The summed E-state index contributed by atoms with van der Waals surface area (Å²) in [6.07, 6.45) is 0. The second kappa shape index (κ2) is 20.8. The second-order valence-electron chi connectivity index (χ2n) is 5.52. The zero-order valence-corrected chi connectivity index (χ0v) is 15.8. The summed E-state index contributed by atoms with van der Waals surface area (Å²) in [6.45, 7) is 15.3. The molecule has 0 aromatic heterocycles. The zero-order valence-electron chi connectivity index (χ0n) is 15.8. The number of ether oxygens (including phenoxy) is 5. The van der Waals surface area contributed by atoms with Crippen molar-refractivity contribution in [3.8, 4) is 0 Å². The Kier molecular flexibility index (Phi) is 20.5. The predicted octanol–water partition coefficient (Wildman–Crippen LogP) is 0.677. The summed E-state index contributed by atoms with van der Waals surface area (Å²) >= 11 is 0. The van der Waals surface area contributed by atoms with Crippen molar-refractivity contribution in [3.05, 3.63) is 0 Å². The Bertz CT molecular complexity index is 233. The molecule has 0 saturated heterocycles. The first kappa shape index (κ1) is 23.7. The highest BCUT2D eigenvalue weighted by Crippen LogP contribution is 1.84. The van der Waals surface area contributed by atoms with Crippen molar-refractivity contribution < 1.29 is 23.7 Å². The van der Waals surface area contributed by atoms with Gasteiger partial charge in [0.15, 0.2) is 0 Å². The van der Waals surface area contributed by atoms with Crippen LogP contribution in [0.5, 0.6) is 0 Å². The molecule has 0 heterocycles. The van der Waals surface area contributed by atoms with Gasteiger partial charge in [0, 0.05) is 19.1 Å². The maximum absolute atomic E-state index is 5.43. The van der Waals surface area contributed by atoms with E-state index in [0.717, 1.165) is 26.2 Å². The maximum atomic E-state index is 5.43. The fourth-order valence-corrected chi connectivity index (χ4v) is 1.72. The summed E-state index contributed by atoms with van der Waals surface area (Å²) in [5.41, 5.74) is 0. The second-order valence-corrected chi connectivity index (χ2v) is 5.52. The highest BCUT2D eigenvalue weighted by molar-refractivity contribution is 4.50. The van der Waals surface area contributed by atoms with E-state index in [1.54, 1.807) is 0 Å². The monoisotopic (exact) mass is 350 g/mol. The van der Waals surface area contributed by atoms with E-state index < -0.39 is 0 Å². The Morgan fingerprint density at radius 1 is 0.583 bits per heavy atom. The molecule has 24 heavy (non-hydrogen) atoms. The lowest BCUT2D eigenvalue weighted by atomic mass is 10.4. The topological polar surface area (TPSA) is 70.2 Å². The van der Waals surface area contributed by atoms with Crippen molar-refractivity contribution in [1.82, 2.24) is 10.6 Å². The SMILES string of the molecule is CCNCCOCCOCCOCCOCCOCCNC(C)C. The molecule has 0 fully saturated rings. The minimum atomic E-state index is 0.501. The molecule has 0 spiro atoms. The number of hydrogen-bond acceptors (Lipinski definition) is 7. The minimum absolute atomic E-state index is 0.501. The molecule has 0 bridgehead atoms. The van der Waals surface area contributed by atoms with Gasteiger partial charge in [0.25, 0.3) is 0 Å². The number of nitrogens with one attached hydrogen (secondary N) is 2. The third-order valence-corrected chi connectivity index (χ3v) is 2.96. The Hall–Kier alpha value is -0.280. The molecular formula is C17H38N2O5. The summed E-state index contributed by atoms with van der Waals surface area (Å²) in [4.78, 5) is 0. The molecule has 0 aliphatic rings. The Morgan fingerprint density at radius 2 is 0.958 bits per heavy atom. The van der Waals surface area contributed by atoms with E-state index in [0.29, 0.717) is 65.5 Å². The van der Waals surface area contributed by atoms with Gasteiger partial charge in [-0.05, 0) is 6.54 Å². The van der Waals surface area contributed by atoms with Crippen molar-refractivity contribution in [1.29, 1.82) is 0 Å². The van der Waals surface area contributed by atoms with Crippen LogP contribution < -0.4 is 10.6 Å². The summed E-state index contributed by atoms with van der Waals surface area (Å²) < 4.78 is 27.1. The van der Waals surface area contributed by atoms with Crippen LogP contribution >= 0.6 is 0 Å². The van der Waals surface area contributed by atoms with Gasteiger partial charge in [0.05, 0.1) is 66.1 Å². The summed E-state index contributed by atoms with van der Waals surface area (Å²) in [5, 5.41) is 6.49. The van der Waals surface area contributed by atoms with E-state index in [1.807, 2.05) is 0 Å². The normalized spacial score (nSPS) is 11.5. The van der Waals surface area contributed by atoms with E-state index in [4.69, 9.17) is 23.7 Å². The standard InChI is InChI=1S/C17H38N2O5/c1-4-18-5-7-20-9-11-22-13-15-24-16-14-23-12-10-21-8-6-19-17(2)3/h17-19H,4-16H2,1-3H3. The Labute approximate surface area is 147 Å². The Balaban J connectivity index is 2.95. The largest absolute Gasteiger partial charge is 0.378 e. The van der Waals surface area contributed by atoms with E-state index >= 15 is 0 Å². The molecule has 2 N–H and O–H groups in total. The third kappa shape index (κ3) is 21.7. The van der Waals surface area contributed by atoms with Gasteiger partial charge in [-0.25, -0.2) is 0 Å². The fraction of sp³-hybridized carbons (Fsp3) is 1.00. The van der Waals surface area contributed by atoms with E-state index in [9.17, 15) is 0 Å². The van der Waals surface area contributed by atoms with Crippen LogP contribution in [0, 0.1) is 0 Å². The van der Waals surface area contributed by atoms with Crippen LogP contribution in [-0.4, -0.2) is 91.7 Å². The Morgan fingerprint density at radius 3 is 1.33 bits per heavy atom. The molecule has 0 aliphatic heterocycles. The molecule has 0 unspecified atom stereocenters. The molecule has 0 atom stereocenters. The molecule has 0 radical (unpaired) electrons. The molecule has 0 amide bonds. The lowest BCUT2D eigenvalue weighted by Crippen LogP contribution is -2.27. The lowest BCUT2D eigenvalue weighted by Gasteiger charge is -2.09. The first-order valence-electron chi connectivity index (χ1n) is 9.10. The smallest absolute Gasteiger partial charge is 0.0701 e. The molecule has 7 heteroatoms. The highest BCUT2D eigenvalue weighted by Gasteiger charge is 1.94. The van der Waals surface area contributed by atoms with Crippen LogP contribution in [0.15, 0.2) is 0 Å². The molecule has 0 saturated carbocycles. The van der Waals surface area contributed by atoms with Crippen LogP contribution in [0.3, 0.4) is 0 Å². The molecule has 146 valence electrons. The van der Waals surface area contributed by atoms with Crippen molar-refractivity contribution in [2.75, 3.05) is 85.7 Å². The summed E-state index contributed by atoms with van der Waals surface area (Å²) in [6, 6.07) is 0.501. The molecule has 0 rings (SSSR count). The average molecular weight is 351 g/mol. The molecule has 7 nitrogen and oxygen atoms in total. The van der Waals surface area contributed by atoms with E-state index in [-0.39, 0.29) is 0 Å². The van der Waals surface area contributed by atoms with Gasteiger partial charge in [0.2, 0.25) is 0 Å². The van der Waals surface area contributed by atoms with E-state index in [2.05, 4.69) is 31.4 Å². The van der Waals surface area contributed by atoms with Crippen molar-refractivity contribution >= 4 is 0 Å². The highest BCUT2D eigenvalue weighted by atomic mass is 16.6. The van der Waals surface area contributed by atoms with Crippen LogP contribution in [0.2, 0.25) is 0 Å². The molecule has 0 aromatic carbocycles. The van der Waals surface area contributed by atoms with Gasteiger partial charge in [-0.2, -0.15) is 0 Å². The first-order valence-corrected chi connectivity index (χ1v) is 9.10.